The van der Waals surface area contributed by atoms with E-state index in [0.29, 0.717) is 19.7 Å². The molecule has 1 fully saturated rings. The second-order valence-electron chi connectivity index (χ2n) is 7.50. The number of carbonyl (C=O) groups excluding carboxylic acids is 1. The number of hydrogen-bond acceptors (Lipinski definition) is 5. The number of nitrogens with one attached hydrogen (secondary N) is 1. The van der Waals surface area contributed by atoms with Gasteiger partial charge in [-0.2, -0.15) is 0 Å². The van der Waals surface area contributed by atoms with Crippen LogP contribution in [0.4, 0.5) is 5.82 Å². The van der Waals surface area contributed by atoms with Crippen LogP contribution in [0, 0.1) is 19.8 Å². The summed E-state index contributed by atoms with van der Waals surface area (Å²) in [5.41, 5.74) is 4.47. The molecular formula is C22H30N4O2. The van der Waals surface area contributed by atoms with Gasteiger partial charge in [0.15, 0.2) is 5.82 Å². The van der Waals surface area contributed by atoms with Gasteiger partial charge >= 0.3 is 0 Å². The van der Waals surface area contributed by atoms with Gasteiger partial charge in [-0.05, 0) is 62.4 Å². The maximum Gasteiger partial charge on any atom is 0.224 e. The van der Waals surface area contributed by atoms with E-state index in [1.54, 1.807) is 7.11 Å². The number of methoxy groups -OCH3 is 1. The number of ether oxygens (including phenoxy) is 1. The quantitative estimate of drug-likeness (QED) is 0.745. The molecule has 2 aromatic rings. The molecule has 1 aromatic carbocycles. The van der Waals surface area contributed by atoms with Crippen molar-refractivity contribution in [2.75, 3.05) is 38.3 Å². The van der Waals surface area contributed by atoms with Gasteiger partial charge in [0.05, 0.1) is 11.6 Å². The highest BCUT2D eigenvalue weighted by atomic mass is 16.5. The second kappa shape index (κ2) is 9.64. The fraction of sp³-hybridized carbons (Fsp3) is 0.500. The molecule has 0 bridgehead atoms. The van der Waals surface area contributed by atoms with Crippen LogP contribution in [0.3, 0.4) is 0 Å². The van der Waals surface area contributed by atoms with Crippen molar-refractivity contribution in [2.45, 2.75) is 33.1 Å². The van der Waals surface area contributed by atoms with Gasteiger partial charge in [0.2, 0.25) is 5.91 Å². The lowest BCUT2D eigenvalue weighted by molar-refractivity contribution is -0.125. The van der Waals surface area contributed by atoms with Gasteiger partial charge in [-0.15, -0.1) is 10.2 Å². The van der Waals surface area contributed by atoms with Crippen molar-refractivity contribution in [3.63, 3.8) is 0 Å². The van der Waals surface area contributed by atoms with Crippen molar-refractivity contribution in [3.8, 4) is 11.3 Å². The molecule has 0 saturated carbocycles. The number of aryl methyl sites for hydroxylation is 2. The SMILES string of the molecule is COCCCNC(=O)C1CCCN(c2ccc(-c3ccc(C)c(C)c3)nn2)C1. The van der Waals surface area contributed by atoms with E-state index in [0.717, 1.165) is 42.9 Å². The van der Waals surface area contributed by atoms with Crippen LogP contribution in [0.2, 0.25) is 0 Å². The minimum absolute atomic E-state index is 0.00230. The predicted octanol–water partition coefficient (Wildman–Crippen LogP) is 3.13. The van der Waals surface area contributed by atoms with E-state index < -0.39 is 0 Å². The van der Waals surface area contributed by atoms with Crippen LogP contribution in [0.5, 0.6) is 0 Å². The van der Waals surface area contributed by atoms with E-state index in [2.05, 4.69) is 52.5 Å². The maximum absolute atomic E-state index is 12.4. The highest BCUT2D eigenvalue weighted by Gasteiger charge is 2.26. The Hall–Kier alpha value is -2.47. The third kappa shape index (κ3) is 5.07. The first-order chi connectivity index (χ1) is 13.6. The minimum atomic E-state index is -0.00230. The summed E-state index contributed by atoms with van der Waals surface area (Å²) >= 11 is 0. The molecule has 1 aromatic heterocycles. The molecule has 1 atom stereocenters. The first-order valence-corrected chi connectivity index (χ1v) is 10.0. The Morgan fingerprint density at radius 2 is 2.07 bits per heavy atom. The van der Waals surface area contributed by atoms with Crippen molar-refractivity contribution >= 4 is 11.7 Å². The molecular weight excluding hydrogens is 352 g/mol. The number of benzene rings is 1. The summed E-state index contributed by atoms with van der Waals surface area (Å²) in [4.78, 5) is 14.6. The van der Waals surface area contributed by atoms with Gasteiger partial charge in [-0.3, -0.25) is 4.79 Å². The Bertz CT molecular complexity index is 792. The number of carbonyl (C=O) groups is 1. The smallest absolute Gasteiger partial charge is 0.224 e. The summed E-state index contributed by atoms with van der Waals surface area (Å²) < 4.78 is 5.02. The summed E-state index contributed by atoms with van der Waals surface area (Å²) in [7, 11) is 1.67. The lowest BCUT2D eigenvalue weighted by Crippen LogP contribution is -2.43. The van der Waals surface area contributed by atoms with E-state index in [4.69, 9.17) is 4.74 Å². The number of piperidine rings is 1. The van der Waals surface area contributed by atoms with E-state index in [1.807, 2.05) is 12.1 Å². The second-order valence-corrected chi connectivity index (χ2v) is 7.50. The van der Waals surface area contributed by atoms with Crippen molar-refractivity contribution in [1.29, 1.82) is 0 Å². The first-order valence-electron chi connectivity index (χ1n) is 10.0. The summed E-state index contributed by atoms with van der Waals surface area (Å²) in [5.74, 6) is 0.961. The van der Waals surface area contributed by atoms with Crippen LogP contribution in [-0.2, 0) is 9.53 Å². The molecule has 1 N–H and O–H groups in total. The summed E-state index contributed by atoms with van der Waals surface area (Å²) in [6.45, 7) is 7.13. The van der Waals surface area contributed by atoms with Gasteiger partial charge in [0, 0.05) is 38.9 Å². The van der Waals surface area contributed by atoms with Gasteiger partial charge < -0.3 is 15.0 Å². The van der Waals surface area contributed by atoms with Crippen molar-refractivity contribution < 1.29 is 9.53 Å². The average Bonchev–Trinajstić information content (AvgIpc) is 2.73. The molecule has 6 heteroatoms. The van der Waals surface area contributed by atoms with Crippen LogP contribution in [0.15, 0.2) is 30.3 Å². The van der Waals surface area contributed by atoms with E-state index in [-0.39, 0.29) is 11.8 Å². The zero-order chi connectivity index (χ0) is 19.9. The molecule has 28 heavy (non-hydrogen) atoms. The molecule has 1 unspecified atom stereocenters. The van der Waals surface area contributed by atoms with Crippen LogP contribution in [-0.4, -0.2) is 49.5 Å². The summed E-state index contributed by atoms with van der Waals surface area (Å²) in [6, 6.07) is 10.4. The van der Waals surface area contributed by atoms with Crippen molar-refractivity contribution in [2.24, 2.45) is 5.92 Å². The largest absolute Gasteiger partial charge is 0.385 e. The van der Waals surface area contributed by atoms with Crippen LogP contribution < -0.4 is 10.2 Å². The third-order valence-corrected chi connectivity index (χ3v) is 5.39. The predicted molar refractivity (Wildman–Crippen MR) is 111 cm³/mol. The fourth-order valence-corrected chi connectivity index (χ4v) is 3.52. The van der Waals surface area contributed by atoms with Crippen LogP contribution >= 0.6 is 0 Å². The molecule has 1 saturated heterocycles. The molecule has 0 spiro atoms. The number of amides is 1. The molecule has 3 rings (SSSR count). The fourth-order valence-electron chi connectivity index (χ4n) is 3.52. The Morgan fingerprint density at radius 3 is 2.79 bits per heavy atom. The molecule has 6 nitrogen and oxygen atoms in total. The molecule has 0 aliphatic carbocycles. The normalized spacial score (nSPS) is 16.8. The molecule has 0 radical (unpaired) electrons. The lowest BCUT2D eigenvalue weighted by atomic mass is 9.97. The summed E-state index contributed by atoms with van der Waals surface area (Å²) in [5, 5.41) is 11.9. The minimum Gasteiger partial charge on any atom is -0.385 e. The molecule has 1 amide bonds. The number of aromatic nitrogens is 2. The Balaban J connectivity index is 1.61. The van der Waals surface area contributed by atoms with E-state index >= 15 is 0 Å². The number of rotatable bonds is 7. The highest BCUT2D eigenvalue weighted by molar-refractivity contribution is 5.79. The summed E-state index contributed by atoms with van der Waals surface area (Å²) in [6.07, 6.45) is 2.74. The molecule has 1 aliphatic rings. The topological polar surface area (TPSA) is 67.3 Å². The van der Waals surface area contributed by atoms with Gasteiger partial charge in [0.1, 0.15) is 0 Å². The molecule has 2 heterocycles. The van der Waals surface area contributed by atoms with Crippen LogP contribution in [0.1, 0.15) is 30.4 Å². The van der Waals surface area contributed by atoms with Gasteiger partial charge in [-0.25, -0.2) is 0 Å². The Kier molecular flexibility index (Phi) is 6.98. The van der Waals surface area contributed by atoms with Crippen LogP contribution in [0.25, 0.3) is 11.3 Å². The monoisotopic (exact) mass is 382 g/mol. The third-order valence-electron chi connectivity index (χ3n) is 5.39. The number of nitrogens with zero attached hydrogens (tertiary/aromatic N) is 3. The first kappa shape index (κ1) is 20.3. The Labute approximate surface area is 167 Å². The van der Waals surface area contributed by atoms with E-state index in [1.165, 1.54) is 11.1 Å². The number of anilines is 1. The lowest BCUT2D eigenvalue weighted by Gasteiger charge is -2.32. The zero-order valence-electron chi connectivity index (χ0n) is 17.1. The standard InChI is InChI=1S/C22H30N4O2/c1-16-7-8-18(14-17(16)2)20-9-10-21(25-24-20)26-12-4-6-19(15-26)22(27)23-11-5-13-28-3/h7-10,14,19H,4-6,11-13,15H2,1-3H3,(H,23,27). The van der Waals surface area contributed by atoms with Gasteiger partial charge in [-0.1, -0.05) is 12.1 Å². The highest BCUT2D eigenvalue weighted by Crippen LogP contribution is 2.24. The molecule has 1 aliphatic heterocycles. The van der Waals surface area contributed by atoms with E-state index in [9.17, 15) is 4.79 Å². The number of hydrogen-bond donors (Lipinski definition) is 1. The zero-order valence-corrected chi connectivity index (χ0v) is 17.1. The Morgan fingerprint density at radius 1 is 1.21 bits per heavy atom. The maximum atomic E-state index is 12.4. The van der Waals surface area contributed by atoms with Gasteiger partial charge in [0.25, 0.3) is 0 Å². The average molecular weight is 383 g/mol. The van der Waals surface area contributed by atoms with Crippen molar-refractivity contribution in [1.82, 2.24) is 15.5 Å². The van der Waals surface area contributed by atoms with Crippen molar-refractivity contribution in [3.05, 3.63) is 41.5 Å². The molecule has 150 valence electrons.